The van der Waals surface area contributed by atoms with Gasteiger partial charge in [-0.05, 0) is 60.5 Å². The van der Waals surface area contributed by atoms with Crippen LogP contribution in [0.25, 0.3) is 0 Å². The summed E-state index contributed by atoms with van der Waals surface area (Å²) in [4.78, 5) is 17.3. The topological polar surface area (TPSA) is 79.0 Å². The molecule has 35 heavy (non-hydrogen) atoms. The molecule has 1 atom stereocenters. The number of amides is 1. The van der Waals surface area contributed by atoms with E-state index in [1.54, 1.807) is 12.0 Å². The van der Waals surface area contributed by atoms with Crippen molar-refractivity contribution in [2.75, 3.05) is 38.2 Å². The van der Waals surface area contributed by atoms with Crippen molar-refractivity contribution >= 4 is 21.6 Å². The first-order valence-electron chi connectivity index (χ1n) is 11.4. The Morgan fingerprint density at radius 2 is 1.57 bits per heavy atom. The maximum atomic E-state index is 13.5. The standard InChI is InChI=1S/C26H28FN3O4S/c1-34-23-11-9-22(10-12-23)29-15-17-30(18-16-29)26(31)25(19-20-5-3-2-4-6-20)28-35(32,33)24-13-7-21(27)8-14-24/h2-14,25,28H,15-19H2,1H3/t25-/m1/s1. The maximum absolute atomic E-state index is 13.5. The summed E-state index contributed by atoms with van der Waals surface area (Å²) < 4.78 is 47.1. The zero-order chi connectivity index (χ0) is 24.8. The molecule has 1 aliphatic rings. The number of piperazine rings is 1. The molecule has 3 aromatic rings. The van der Waals surface area contributed by atoms with Gasteiger partial charge in [-0.2, -0.15) is 4.72 Å². The number of ether oxygens (including phenoxy) is 1. The number of benzene rings is 3. The van der Waals surface area contributed by atoms with Crippen LogP contribution in [0.4, 0.5) is 10.1 Å². The lowest BCUT2D eigenvalue weighted by molar-refractivity contribution is -0.133. The van der Waals surface area contributed by atoms with Crippen molar-refractivity contribution in [1.29, 1.82) is 0 Å². The third-order valence-electron chi connectivity index (χ3n) is 6.03. The molecule has 1 fully saturated rings. The third kappa shape index (κ3) is 6.17. The van der Waals surface area contributed by atoms with Crippen LogP contribution in [0.1, 0.15) is 5.56 Å². The lowest BCUT2D eigenvalue weighted by Gasteiger charge is -2.37. The normalized spacial score (nSPS) is 15.0. The number of methoxy groups -OCH3 is 1. The van der Waals surface area contributed by atoms with Gasteiger partial charge in [0.2, 0.25) is 15.9 Å². The Hall–Kier alpha value is -3.43. The van der Waals surface area contributed by atoms with E-state index in [9.17, 15) is 17.6 Å². The number of carbonyl (C=O) groups excluding carboxylic acids is 1. The molecule has 1 heterocycles. The number of carbonyl (C=O) groups is 1. The van der Waals surface area contributed by atoms with E-state index >= 15 is 0 Å². The molecule has 184 valence electrons. The van der Waals surface area contributed by atoms with Crippen LogP contribution in [0, 0.1) is 5.82 Å². The maximum Gasteiger partial charge on any atom is 0.241 e. The highest BCUT2D eigenvalue weighted by Crippen LogP contribution is 2.21. The summed E-state index contributed by atoms with van der Waals surface area (Å²) in [6, 6.07) is 20.6. The molecular weight excluding hydrogens is 469 g/mol. The Bertz CT molecular complexity index is 1230. The van der Waals surface area contributed by atoms with Crippen molar-refractivity contribution in [2.24, 2.45) is 0 Å². The Balaban J connectivity index is 1.48. The largest absolute Gasteiger partial charge is 0.497 e. The van der Waals surface area contributed by atoms with E-state index in [-0.39, 0.29) is 17.2 Å². The van der Waals surface area contributed by atoms with Gasteiger partial charge in [0.15, 0.2) is 0 Å². The SMILES string of the molecule is COc1ccc(N2CCN(C(=O)[C@@H](Cc3ccccc3)NS(=O)(=O)c3ccc(F)cc3)CC2)cc1. The molecule has 0 aromatic heterocycles. The molecule has 4 rings (SSSR count). The molecule has 1 amide bonds. The smallest absolute Gasteiger partial charge is 0.241 e. The zero-order valence-electron chi connectivity index (χ0n) is 19.4. The van der Waals surface area contributed by atoms with Crippen molar-refractivity contribution in [2.45, 2.75) is 17.4 Å². The minimum atomic E-state index is -4.03. The second-order valence-electron chi connectivity index (χ2n) is 8.33. The van der Waals surface area contributed by atoms with Gasteiger partial charge in [-0.1, -0.05) is 30.3 Å². The number of nitrogens with zero attached hydrogens (tertiary/aromatic N) is 2. The van der Waals surface area contributed by atoms with Gasteiger partial charge in [0.1, 0.15) is 17.6 Å². The van der Waals surface area contributed by atoms with Gasteiger partial charge in [-0.15, -0.1) is 0 Å². The summed E-state index contributed by atoms with van der Waals surface area (Å²) >= 11 is 0. The van der Waals surface area contributed by atoms with Crippen LogP contribution in [0.15, 0.2) is 83.8 Å². The van der Waals surface area contributed by atoms with E-state index in [1.807, 2.05) is 54.6 Å². The van der Waals surface area contributed by atoms with Crippen LogP contribution >= 0.6 is 0 Å². The average molecular weight is 498 g/mol. The number of hydrogen-bond acceptors (Lipinski definition) is 5. The summed E-state index contributed by atoms with van der Waals surface area (Å²) in [5.74, 6) is -0.0377. The van der Waals surface area contributed by atoms with Crippen LogP contribution in [0.5, 0.6) is 5.75 Å². The summed E-state index contributed by atoms with van der Waals surface area (Å²) in [5.41, 5.74) is 1.88. The number of rotatable bonds is 8. The number of anilines is 1. The first-order chi connectivity index (χ1) is 16.9. The Morgan fingerprint density at radius 1 is 0.943 bits per heavy atom. The first kappa shape index (κ1) is 24.7. The highest BCUT2D eigenvalue weighted by molar-refractivity contribution is 7.89. The Kier molecular flexibility index (Phi) is 7.67. The van der Waals surface area contributed by atoms with Crippen LogP contribution in [-0.4, -0.2) is 58.6 Å². The predicted octanol–water partition coefficient (Wildman–Crippen LogP) is 3.07. The Labute approximate surface area is 205 Å². The fraction of sp³-hybridized carbons (Fsp3) is 0.269. The van der Waals surface area contributed by atoms with Gasteiger partial charge in [0.25, 0.3) is 0 Å². The molecule has 9 heteroatoms. The fourth-order valence-corrected chi connectivity index (χ4v) is 5.29. The summed E-state index contributed by atoms with van der Waals surface area (Å²) in [7, 11) is -2.41. The molecule has 7 nitrogen and oxygen atoms in total. The van der Waals surface area contributed by atoms with Gasteiger partial charge in [-0.3, -0.25) is 4.79 Å². The highest BCUT2D eigenvalue weighted by atomic mass is 32.2. The lowest BCUT2D eigenvalue weighted by atomic mass is 10.1. The van der Waals surface area contributed by atoms with Gasteiger partial charge in [-0.25, -0.2) is 12.8 Å². The molecule has 3 aromatic carbocycles. The lowest BCUT2D eigenvalue weighted by Crippen LogP contribution is -2.55. The van der Waals surface area contributed by atoms with Gasteiger partial charge in [0.05, 0.1) is 12.0 Å². The van der Waals surface area contributed by atoms with Crippen molar-refractivity contribution < 1.29 is 22.3 Å². The van der Waals surface area contributed by atoms with E-state index < -0.39 is 21.9 Å². The van der Waals surface area contributed by atoms with Gasteiger partial charge < -0.3 is 14.5 Å². The summed E-state index contributed by atoms with van der Waals surface area (Å²) in [6.07, 6.45) is 0.207. The Morgan fingerprint density at radius 3 is 2.17 bits per heavy atom. The highest BCUT2D eigenvalue weighted by Gasteiger charge is 2.31. The van der Waals surface area contributed by atoms with Crippen molar-refractivity contribution in [3.05, 3.63) is 90.2 Å². The monoisotopic (exact) mass is 497 g/mol. The zero-order valence-corrected chi connectivity index (χ0v) is 20.2. The number of nitrogens with one attached hydrogen (secondary N) is 1. The minimum absolute atomic E-state index is 0.0888. The van der Waals surface area contributed by atoms with Crippen molar-refractivity contribution in [1.82, 2.24) is 9.62 Å². The summed E-state index contributed by atoms with van der Waals surface area (Å²) in [5, 5.41) is 0. The van der Waals surface area contributed by atoms with Crippen molar-refractivity contribution in [3.63, 3.8) is 0 Å². The van der Waals surface area contributed by atoms with E-state index in [4.69, 9.17) is 4.74 Å². The van der Waals surface area contributed by atoms with E-state index in [0.717, 1.165) is 29.1 Å². The van der Waals surface area contributed by atoms with E-state index in [2.05, 4.69) is 9.62 Å². The van der Waals surface area contributed by atoms with Crippen LogP contribution < -0.4 is 14.4 Å². The van der Waals surface area contributed by atoms with E-state index in [1.165, 1.54) is 12.1 Å². The van der Waals surface area contributed by atoms with E-state index in [0.29, 0.717) is 26.2 Å². The molecule has 0 spiro atoms. The molecule has 0 radical (unpaired) electrons. The first-order valence-corrected chi connectivity index (χ1v) is 12.8. The molecule has 1 saturated heterocycles. The molecule has 1 N–H and O–H groups in total. The summed E-state index contributed by atoms with van der Waals surface area (Å²) in [6.45, 7) is 2.19. The predicted molar refractivity (Wildman–Crippen MR) is 132 cm³/mol. The molecule has 1 aliphatic heterocycles. The van der Waals surface area contributed by atoms with Gasteiger partial charge >= 0.3 is 0 Å². The molecule has 0 unspecified atom stereocenters. The molecule has 0 saturated carbocycles. The van der Waals surface area contributed by atoms with Crippen molar-refractivity contribution in [3.8, 4) is 5.75 Å². The second-order valence-corrected chi connectivity index (χ2v) is 10.0. The quantitative estimate of drug-likeness (QED) is 0.518. The average Bonchev–Trinajstić information content (AvgIpc) is 2.89. The van der Waals surface area contributed by atoms with Crippen LogP contribution in [-0.2, 0) is 21.2 Å². The molecule has 0 aliphatic carbocycles. The molecule has 0 bridgehead atoms. The number of hydrogen-bond donors (Lipinski definition) is 1. The second kappa shape index (κ2) is 10.9. The third-order valence-corrected chi connectivity index (χ3v) is 7.52. The fourth-order valence-electron chi connectivity index (χ4n) is 4.10. The van der Waals surface area contributed by atoms with Crippen LogP contribution in [0.2, 0.25) is 0 Å². The van der Waals surface area contributed by atoms with Gasteiger partial charge in [0, 0.05) is 31.9 Å². The minimum Gasteiger partial charge on any atom is -0.497 e. The number of sulfonamides is 1. The molecular formula is C26H28FN3O4S. The number of halogens is 1. The van der Waals surface area contributed by atoms with Crippen LogP contribution in [0.3, 0.4) is 0 Å².